The van der Waals surface area contributed by atoms with Crippen molar-refractivity contribution < 1.29 is 28.6 Å². The number of fused-ring (bicyclic) bond motifs is 1. The Morgan fingerprint density at radius 2 is 1.71 bits per heavy atom. The third kappa shape index (κ3) is 4.96. The molecule has 0 aliphatic heterocycles. The molecule has 31 heavy (non-hydrogen) atoms. The van der Waals surface area contributed by atoms with Gasteiger partial charge in [0.15, 0.2) is 6.10 Å². The summed E-state index contributed by atoms with van der Waals surface area (Å²) < 4.78 is 10.2. The van der Waals surface area contributed by atoms with E-state index >= 15 is 0 Å². The van der Waals surface area contributed by atoms with E-state index in [0.717, 1.165) is 10.9 Å². The molecule has 2 aromatic carbocycles. The normalized spacial score (nSPS) is 12.7. The van der Waals surface area contributed by atoms with Crippen molar-refractivity contribution in [2.75, 3.05) is 0 Å². The average molecular weight is 424 g/mol. The van der Waals surface area contributed by atoms with Crippen LogP contribution in [-0.2, 0) is 9.53 Å². The van der Waals surface area contributed by atoms with Gasteiger partial charge < -0.3 is 20.0 Å². The molecular weight excluding hydrogens is 404 g/mol. The monoisotopic (exact) mass is 424 g/mol. The molecule has 1 heterocycles. The van der Waals surface area contributed by atoms with Gasteiger partial charge in [-0.3, -0.25) is 10.1 Å². The van der Waals surface area contributed by atoms with Crippen LogP contribution >= 0.6 is 0 Å². The summed E-state index contributed by atoms with van der Waals surface area (Å²) in [4.78, 5) is 46.1. The minimum absolute atomic E-state index is 0.148. The van der Waals surface area contributed by atoms with Gasteiger partial charge in [-0.05, 0) is 48.7 Å². The van der Waals surface area contributed by atoms with Gasteiger partial charge in [-0.1, -0.05) is 24.3 Å². The van der Waals surface area contributed by atoms with E-state index in [1.807, 2.05) is 5.32 Å². The Morgan fingerprint density at radius 1 is 1.06 bits per heavy atom. The number of nitrogens with one attached hydrogen (secondary N) is 1. The van der Waals surface area contributed by atoms with Gasteiger partial charge in [0.1, 0.15) is 11.7 Å². The van der Waals surface area contributed by atoms with Crippen LogP contribution in [0.3, 0.4) is 0 Å². The first-order valence-corrected chi connectivity index (χ1v) is 9.29. The molecule has 9 nitrogen and oxygen atoms in total. The van der Waals surface area contributed by atoms with E-state index in [2.05, 4.69) is 0 Å². The van der Waals surface area contributed by atoms with Crippen LogP contribution < -0.4 is 16.7 Å². The van der Waals surface area contributed by atoms with Crippen molar-refractivity contribution in [3.63, 3.8) is 0 Å². The maximum absolute atomic E-state index is 12.2. The number of primary amides is 1. The molecule has 0 aliphatic carbocycles. The van der Waals surface area contributed by atoms with E-state index in [4.69, 9.17) is 14.9 Å². The summed E-state index contributed by atoms with van der Waals surface area (Å²) in [6.07, 6.45) is -2.25. The zero-order chi connectivity index (χ0) is 22.7. The smallest absolute Gasteiger partial charge is 0.338 e. The number of ether oxygens (including phenoxy) is 1. The van der Waals surface area contributed by atoms with Gasteiger partial charge in [0.2, 0.25) is 0 Å². The van der Waals surface area contributed by atoms with Crippen molar-refractivity contribution in [1.29, 1.82) is 0 Å². The molecule has 0 aliphatic rings. The lowest BCUT2D eigenvalue weighted by Crippen LogP contribution is -2.42. The molecule has 0 bridgehead atoms. The number of esters is 1. The molecule has 4 N–H and O–H groups in total. The molecule has 3 aromatic rings. The number of carbonyl (C=O) groups excluding carboxylic acids is 3. The number of imide groups is 1. The maximum atomic E-state index is 12.2. The number of hydrogen-bond acceptors (Lipinski definition) is 7. The number of nitrogens with two attached hydrogens (primary N) is 1. The van der Waals surface area contributed by atoms with Crippen molar-refractivity contribution in [3.05, 3.63) is 81.2 Å². The molecule has 3 rings (SSSR count). The molecule has 0 fully saturated rings. The molecule has 9 heteroatoms. The molecule has 2 unspecified atom stereocenters. The second kappa shape index (κ2) is 8.80. The lowest BCUT2D eigenvalue weighted by molar-refractivity contribution is -0.127. The van der Waals surface area contributed by atoms with Gasteiger partial charge in [-0.2, -0.15) is 0 Å². The summed E-state index contributed by atoms with van der Waals surface area (Å²) in [7, 11) is 0. The maximum Gasteiger partial charge on any atom is 0.338 e. The van der Waals surface area contributed by atoms with Gasteiger partial charge in [0, 0.05) is 11.5 Å². The fourth-order valence-electron chi connectivity index (χ4n) is 3.01. The Bertz CT molecular complexity index is 1210. The van der Waals surface area contributed by atoms with Crippen molar-refractivity contribution in [1.82, 2.24) is 5.32 Å². The Balaban J connectivity index is 1.75. The van der Waals surface area contributed by atoms with Crippen molar-refractivity contribution in [2.45, 2.75) is 26.1 Å². The van der Waals surface area contributed by atoms with Crippen LogP contribution in [-0.4, -0.2) is 29.1 Å². The first kappa shape index (κ1) is 21.7. The predicted octanol–water partition coefficient (Wildman–Crippen LogP) is 1.92. The molecule has 0 saturated heterocycles. The highest BCUT2D eigenvalue weighted by Gasteiger charge is 2.20. The van der Waals surface area contributed by atoms with Crippen LogP contribution in [0.4, 0.5) is 4.79 Å². The number of amides is 3. The fourth-order valence-corrected chi connectivity index (χ4v) is 3.01. The number of aliphatic hydroxyl groups excluding tert-OH is 1. The van der Waals surface area contributed by atoms with Crippen LogP contribution in [0, 0.1) is 6.92 Å². The van der Waals surface area contributed by atoms with Crippen molar-refractivity contribution >= 4 is 28.9 Å². The summed E-state index contributed by atoms with van der Waals surface area (Å²) in [6, 6.07) is 11.4. The second-order valence-corrected chi connectivity index (χ2v) is 6.93. The minimum atomic E-state index is -1.22. The standard InChI is InChI=1S/C22H20N2O7/c1-11-9-18(25)31-17-10-15(7-8-16(11)17)19(26)13-3-5-14(6-4-13)21(28)30-12(2)20(27)24-22(23)29/h3-10,12,19,26H,1-2H3,(H3,23,24,27,29). The zero-order valence-corrected chi connectivity index (χ0v) is 16.7. The molecular formula is C22H20N2O7. The highest BCUT2D eigenvalue weighted by Crippen LogP contribution is 2.26. The molecule has 0 saturated carbocycles. The minimum Gasteiger partial charge on any atom is -0.449 e. The first-order chi connectivity index (χ1) is 14.7. The third-order valence-electron chi connectivity index (χ3n) is 4.65. The van der Waals surface area contributed by atoms with Gasteiger partial charge >= 0.3 is 17.6 Å². The summed E-state index contributed by atoms with van der Waals surface area (Å²) in [5.41, 5.74) is 6.67. The second-order valence-electron chi connectivity index (χ2n) is 6.93. The van der Waals surface area contributed by atoms with Gasteiger partial charge in [-0.25, -0.2) is 14.4 Å². The Morgan fingerprint density at radius 3 is 2.35 bits per heavy atom. The summed E-state index contributed by atoms with van der Waals surface area (Å²) >= 11 is 0. The van der Waals surface area contributed by atoms with Crippen LogP contribution in [0.25, 0.3) is 11.0 Å². The Labute approximate surface area is 176 Å². The summed E-state index contributed by atoms with van der Waals surface area (Å²) in [6.45, 7) is 3.10. The van der Waals surface area contributed by atoms with E-state index in [-0.39, 0.29) is 5.56 Å². The molecule has 0 radical (unpaired) electrons. The third-order valence-corrected chi connectivity index (χ3v) is 4.65. The number of urea groups is 1. The highest BCUT2D eigenvalue weighted by molar-refractivity contribution is 5.98. The molecule has 3 amide bonds. The highest BCUT2D eigenvalue weighted by atomic mass is 16.5. The van der Waals surface area contributed by atoms with E-state index in [9.17, 15) is 24.3 Å². The zero-order valence-electron chi connectivity index (χ0n) is 16.7. The Hall–Kier alpha value is -3.98. The number of rotatable bonds is 5. The van der Waals surface area contributed by atoms with E-state index < -0.39 is 35.7 Å². The van der Waals surface area contributed by atoms with Crippen molar-refractivity contribution in [2.24, 2.45) is 5.73 Å². The largest absolute Gasteiger partial charge is 0.449 e. The number of aryl methyl sites for hydroxylation is 1. The summed E-state index contributed by atoms with van der Waals surface area (Å²) in [5, 5.41) is 13.3. The molecule has 2 atom stereocenters. The van der Waals surface area contributed by atoms with Gasteiger partial charge in [0.25, 0.3) is 5.91 Å². The van der Waals surface area contributed by atoms with Crippen LogP contribution in [0.2, 0.25) is 0 Å². The molecule has 1 aromatic heterocycles. The average Bonchev–Trinajstić information content (AvgIpc) is 2.72. The van der Waals surface area contributed by atoms with Gasteiger partial charge in [-0.15, -0.1) is 0 Å². The summed E-state index contributed by atoms with van der Waals surface area (Å²) in [5.74, 6) is -1.62. The van der Waals surface area contributed by atoms with E-state index in [0.29, 0.717) is 16.7 Å². The van der Waals surface area contributed by atoms with E-state index in [1.165, 1.54) is 37.3 Å². The quantitative estimate of drug-likeness (QED) is 0.418. The SMILES string of the molecule is Cc1cc(=O)oc2cc(C(O)c3ccc(C(=O)OC(C)C(=O)NC(N)=O)cc3)ccc12. The lowest BCUT2D eigenvalue weighted by Gasteiger charge is -2.14. The number of benzene rings is 2. The number of carbonyl (C=O) groups is 3. The van der Waals surface area contributed by atoms with E-state index in [1.54, 1.807) is 25.1 Å². The van der Waals surface area contributed by atoms with Crippen LogP contribution in [0.15, 0.2) is 57.7 Å². The lowest BCUT2D eigenvalue weighted by atomic mass is 9.98. The Kier molecular flexibility index (Phi) is 6.17. The van der Waals surface area contributed by atoms with Gasteiger partial charge in [0.05, 0.1) is 5.56 Å². The fraction of sp³-hybridized carbons (Fsp3) is 0.182. The van der Waals surface area contributed by atoms with Crippen molar-refractivity contribution in [3.8, 4) is 0 Å². The van der Waals surface area contributed by atoms with Crippen LogP contribution in [0.1, 0.15) is 40.1 Å². The predicted molar refractivity (Wildman–Crippen MR) is 110 cm³/mol. The van der Waals surface area contributed by atoms with Crippen LogP contribution in [0.5, 0.6) is 0 Å². The molecule has 160 valence electrons. The number of hydrogen-bond donors (Lipinski definition) is 3. The molecule has 0 spiro atoms. The number of aliphatic hydroxyl groups is 1. The first-order valence-electron chi connectivity index (χ1n) is 9.29. The topological polar surface area (TPSA) is 149 Å².